The van der Waals surface area contributed by atoms with Gasteiger partial charge in [-0.25, -0.2) is 0 Å². The molecule has 0 heterocycles. The van der Waals surface area contributed by atoms with E-state index >= 15 is 0 Å². The van der Waals surface area contributed by atoms with Gasteiger partial charge < -0.3 is 0 Å². The first-order valence-corrected chi connectivity index (χ1v) is 8.25. The third kappa shape index (κ3) is 10.8. The van der Waals surface area contributed by atoms with Crippen LogP contribution in [0.4, 0.5) is 0 Å². The summed E-state index contributed by atoms with van der Waals surface area (Å²) in [4.78, 5) is 0. The zero-order valence-electron chi connectivity index (χ0n) is 12.6. The number of hydrogen-bond acceptors (Lipinski definition) is 0. The molecule has 0 aromatic carbocycles. The van der Waals surface area contributed by atoms with Crippen molar-refractivity contribution in [3.8, 4) is 0 Å². The zero-order valence-corrected chi connectivity index (χ0v) is 14.1. The van der Waals surface area contributed by atoms with E-state index in [9.17, 15) is 0 Å². The summed E-state index contributed by atoms with van der Waals surface area (Å²) in [5.74, 6) is 0. The minimum absolute atomic E-state index is 1.07. The molecule has 0 N–H and O–H groups in total. The van der Waals surface area contributed by atoms with Gasteiger partial charge in [-0.15, -0.1) is 0 Å². The molecular weight excluding hydrogens is 284 g/mol. The molecule has 0 atom stereocenters. The lowest BCUT2D eigenvalue weighted by Crippen LogP contribution is -1.81. The first kappa shape index (κ1) is 17.7. The van der Waals surface area contributed by atoms with Crippen molar-refractivity contribution in [3.05, 3.63) is 34.9 Å². The molecule has 0 aromatic heterocycles. The second-order valence-corrected chi connectivity index (χ2v) is 5.85. The van der Waals surface area contributed by atoms with Crippen molar-refractivity contribution in [2.75, 3.05) is 5.33 Å². The smallest absolute Gasteiger partial charge is 0.00660 e. The number of allylic oxidation sites excluding steroid dienone is 6. The highest BCUT2D eigenvalue weighted by Gasteiger charge is 1.92. The quantitative estimate of drug-likeness (QED) is 0.333. The molecular formula is C17H29Br. The maximum atomic E-state index is 3.45. The average molecular weight is 313 g/mol. The van der Waals surface area contributed by atoms with Gasteiger partial charge in [0.25, 0.3) is 0 Å². The lowest BCUT2D eigenvalue weighted by molar-refractivity contribution is 0.909. The van der Waals surface area contributed by atoms with Gasteiger partial charge in [0, 0.05) is 5.33 Å². The van der Waals surface area contributed by atoms with E-state index in [2.05, 4.69) is 61.9 Å². The van der Waals surface area contributed by atoms with Gasteiger partial charge in [-0.1, -0.05) is 57.8 Å². The van der Waals surface area contributed by atoms with Crippen LogP contribution >= 0.6 is 15.9 Å². The van der Waals surface area contributed by atoms with Gasteiger partial charge in [0.05, 0.1) is 0 Å². The second kappa shape index (κ2) is 11.8. The summed E-state index contributed by atoms with van der Waals surface area (Å²) in [6, 6.07) is 0. The predicted octanol–water partition coefficient (Wildman–Crippen LogP) is 6.58. The van der Waals surface area contributed by atoms with Crippen LogP contribution in [0.2, 0.25) is 0 Å². The van der Waals surface area contributed by atoms with E-state index in [4.69, 9.17) is 0 Å². The molecule has 0 spiro atoms. The molecule has 0 aliphatic rings. The Balaban J connectivity index is 3.84. The molecule has 0 aliphatic carbocycles. The predicted molar refractivity (Wildman–Crippen MR) is 88.4 cm³/mol. The Morgan fingerprint density at radius 1 is 0.778 bits per heavy atom. The highest BCUT2D eigenvalue weighted by molar-refractivity contribution is 9.09. The number of halogens is 1. The van der Waals surface area contributed by atoms with Gasteiger partial charge in [-0.2, -0.15) is 0 Å². The monoisotopic (exact) mass is 312 g/mol. The summed E-state index contributed by atoms with van der Waals surface area (Å²) in [5, 5.41) is 1.07. The van der Waals surface area contributed by atoms with E-state index in [0.717, 1.165) is 11.8 Å². The van der Waals surface area contributed by atoms with Gasteiger partial charge in [0.15, 0.2) is 0 Å². The molecule has 0 nitrogen and oxygen atoms in total. The summed E-state index contributed by atoms with van der Waals surface area (Å²) in [6.07, 6.45) is 14.2. The van der Waals surface area contributed by atoms with Crippen LogP contribution in [-0.2, 0) is 0 Å². The lowest BCUT2D eigenvalue weighted by Gasteiger charge is -2.01. The molecule has 0 saturated carbocycles. The van der Waals surface area contributed by atoms with Crippen LogP contribution in [0, 0.1) is 0 Å². The zero-order chi connectivity index (χ0) is 13.8. The normalized spacial score (nSPS) is 14.2. The SMILES string of the molecule is CCC(C)=CCCC(C)=CCCC(C)=CCCBr. The second-order valence-electron chi connectivity index (χ2n) is 5.06. The summed E-state index contributed by atoms with van der Waals surface area (Å²) in [7, 11) is 0. The molecule has 1 heteroatoms. The Labute approximate surface area is 122 Å². The van der Waals surface area contributed by atoms with E-state index in [0.29, 0.717) is 0 Å². The first-order chi connectivity index (χ1) is 8.60. The van der Waals surface area contributed by atoms with E-state index in [1.54, 1.807) is 0 Å². The fraction of sp³-hybridized carbons (Fsp3) is 0.647. The minimum atomic E-state index is 1.07. The van der Waals surface area contributed by atoms with Crippen molar-refractivity contribution >= 4 is 15.9 Å². The van der Waals surface area contributed by atoms with Crippen molar-refractivity contribution in [1.29, 1.82) is 0 Å². The Hall–Kier alpha value is -0.300. The highest BCUT2D eigenvalue weighted by atomic mass is 79.9. The standard InChI is InChI=1S/C17H29Br/c1-5-15(2)9-6-10-16(3)11-7-12-17(4)13-8-14-18/h9,11,13H,5-8,10,12,14H2,1-4H3. The van der Waals surface area contributed by atoms with E-state index in [-0.39, 0.29) is 0 Å². The molecule has 18 heavy (non-hydrogen) atoms. The maximum Gasteiger partial charge on any atom is 0.00660 e. The Morgan fingerprint density at radius 3 is 1.67 bits per heavy atom. The van der Waals surface area contributed by atoms with Gasteiger partial charge in [-0.3, -0.25) is 0 Å². The Bertz CT molecular complexity index is 295. The fourth-order valence-corrected chi connectivity index (χ4v) is 1.97. The lowest BCUT2D eigenvalue weighted by atomic mass is 10.1. The first-order valence-electron chi connectivity index (χ1n) is 7.13. The number of rotatable bonds is 9. The average Bonchev–Trinajstić information content (AvgIpc) is 2.36. The van der Waals surface area contributed by atoms with Crippen molar-refractivity contribution < 1.29 is 0 Å². The molecule has 0 aliphatic heterocycles. The third-order valence-electron chi connectivity index (χ3n) is 3.22. The fourth-order valence-electron chi connectivity index (χ4n) is 1.74. The summed E-state index contributed by atoms with van der Waals surface area (Å²) in [5.41, 5.74) is 4.56. The minimum Gasteiger partial charge on any atom is -0.0925 e. The Kier molecular flexibility index (Phi) is 11.6. The van der Waals surface area contributed by atoms with E-state index in [1.165, 1.54) is 48.8 Å². The third-order valence-corrected chi connectivity index (χ3v) is 3.68. The summed E-state index contributed by atoms with van der Waals surface area (Å²) < 4.78 is 0. The summed E-state index contributed by atoms with van der Waals surface area (Å²) in [6.45, 7) is 8.93. The Morgan fingerprint density at radius 2 is 1.22 bits per heavy atom. The van der Waals surface area contributed by atoms with Crippen LogP contribution in [0.5, 0.6) is 0 Å². The number of hydrogen-bond donors (Lipinski definition) is 0. The molecule has 0 radical (unpaired) electrons. The van der Waals surface area contributed by atoms with Gasteiger partial charge in [0.1, 0.15) is 0 Å². The van der Waals surface area contributed by atoms with E-state index in [1.807, 2.05) is 0 Å². The van der Waals surface area contributed by atoms with Crippen LogP contribution in [0.1, 0.15) is 66.2 Å². The van der Waals surface area contributed by atoms with Gasteiger partial charge >= 0.3 is 0 Å². The molecule has 0 aromatic rings. The van der Waals surface area contributed by atoms with Crippen LogP contribution in [-0.4, -0.2) is 5.33 Å². The summed E-state index contributed by atoms with van der Waals surface area (Å²) >= 11 is 3.45. The van der Waals surface area contributed by atoms with Crippen LogP contribution in [0.3, 0.4) is 0 Å². The van der Waals surface area contributed by atoms with Gasteiger partial charge in [0.2, 0.25) is 0 Å². The molecule has 0 bridgehead atoms. The molecule has 0 fully saturated rings. The van der Waals surface area contributed by atoms with Crippen molar-refractivity contribution in [2.45, 2.75) is 66.2 Å². The van der Waals surface area contributed by atoms with Crippen molar-refractivity contribution in [3.63, 3.8) is 0 Å². The van der Waals surface area contributed by atoms with Crippen molar-refractivity contribution in [1.82, 2.24) is 0 Å². The molecule has 0 rings (SSSR count). The van der Waals surface area contributed by atoms with E-state index < -0.39 is 0 Å². The largest absolute Gasteiger partial charge is 0.0925 e. The number of alkyl halides is 1. The molecule has 0 amide bonds. The molecule has 0 saturated heterocycles. The highest BCUT2D eigenvalue weighted by Crippen LogP contribution is 2.12. The van der Waals surface area contributed by atoms with Crippen molar-refractivity contribution in [2.24, 2.45) is 0 Å². The van der Waals surface area contributed by atoms with Crippen LogP contribution in [0.15, 0.2) is 34.9 Å². The molecule has 0 unspecified atom stereocenters. The van der Waals surface area contributed by atoms with Crippen LogP contribution in [0.25, 0.3) is 0 Å². The van der Waals surface area contributed by atoms with Gasteiger partial charge in [-0.05, 0) is 59.3 Å². The van der Waals surface area contributed by atoms with Crippen LogP contribution < -0.4 is 0 Å². The maximum absolute atomic E-state index is 3.45. The molecule has 104 valence electrons. The topological polar surface area (TPSA) is 0 Å².